The van der Waals surface area contributed by atoms with Gasteiger partial charge in [0.15, 0.2) is 4.96 Å². The van der Waals surface area contributed by atoms with Gasteiger partial charge in [-0.25, -0.2) is 4.98 Å². The van der Waals surface area contributed by atoms with Gasteiger partial charge in [0.25, 0.3) is 0 Å². The predicted octanol–water partition coefficient (Wildman–Crippen LogP) is 3.31. The van der Waals surface area contributed by atoms with Crippen LogP contribution in [0.3, 0.4) is 0 Å². The van der Waals surface area contributed by atoms with E-state index in [1.54, 1.807) is 11.3 Å². The van der Waals surface area contributed by atoms with Gasteiger partial charge >= 0.3 is 0 Å². The van der Waals surface area contributed by atoms with Crippen LogP contribution >= 0.6 is 11.3 Å². The second-order valence-corrected chi connectivity index (χ2v) is 6.69. The van der Waals surface area contributed by atoms with Crippen molar-refractivity contribution in [3.63, 3.8) is 0 Å². The summed E-state index contributed by atoms with van der Waals surface area (Å²) in [5.41, 5.74) is 1.16. The maximum absolute atomic E-state index is 4.61. The lowest BCUT2D eigenvalue weighted by atomic mass is 9.80. The highest BCUT2D eigenvalue weighted by Gasteiger charge is 2.23. The molecular formula is C14H21N3S. The number of hydrogen-bond donors (Lipinski definition) is 1. The van der Waals surface area contributed by atoms with E-state index in [1.165, 1.54) is 19.3 Å². The summed E-state index contributed by atoms with van der Waals surface area (Å²) in [4.78, 5) is 5.71. The smallest absolute Gasteiger partial charge is 0.193 e. The molecule has 0 spiro atoms. The van der Waals surface area contributed by atoms with Crippen molar-refractivity contribution in [2.45, 2.75) is 45.7 Å². The van der Waals surface area contributed by atoms with Gasteiger partial charge in [-0.2, -0.15) is 0 Å². The zero-order chi connectivity index (χ0) is 12.5. The van der Waals surface area contributed by atoms with Crippen molar-refractivity contribution < 1.29 is 0 Å². The molecule has 2 heterocycles. The van der Waals surface area contributed by atoms with Crippen LogP contribution in [0.4, 0.5) is 0 Å². The maximum atomic E-state index is 4.61. The molecule has 0 saturated heterocycles. The van der Waals surface area contributed by atoms with Crippen molar-refractivity contribution >= 4 is 16.3 Å². The third-order valence-corrected chi connectivity index (χ3v) is 4.66. The molecule has 3 nitrogen and oxygen atoms in total. The van der Waals surface area contributed by atoms with Gasteiger partial charge < -0.3 is 5.32 Å². The molecule has 0 amide bonds. The highest BCUT2D eigenvalue weighted by molar-refractivity contribution is 7.15. The Hall–Kier alpha value is -0.870. The van der Waals surface area contributed by atoms with Crippen LogP contribution in [-0.2, 0) is 6.54 Å². The highest BCUT2D eigenvalue weighted by atomic mass is 32.1. The molecule has 1 aliphatic carbocycles. The predicted molar refractivity (Wildman–Crippen MR) is 75.9 cm³/mol. The van der Waals surface area contributed by atoms with Gasteiger partial charge in [-0.05, 0) is 31.1 Å². The molecule has 1 aliphatic rings. The molecule has 3 rings (SSSR count). The number of rotatable bonds is 3. The Balaban J connectivity index is 1.59. The molecular weight excluding hydrogens is 242 g/mol. The summed E-state index contributed by atoms with van der Waals surface area (Å²) < 4.78 is 2.10. The Morgan fingerprint density at radius 3 is 2.83 bits per heavy atom. The molecule has 18 heavy (non-hydrogen) atoms. The second-order valence-electron chi connectivity index (χ2n) is 5.82. The molecule has 2 aromatic rings. The van der Waals surface area contributed by atoms with Crippen molar-refractivity contribution in [2.75, 3.05) is 0 Å². The Morgan fingerprint density at radius 1 is 1.33 bits per heavy atom. The summed E-state index contributed by atoms with van der Waals surface area (Å²) in [6, 6.07) is 0.670. The van der Waals surface area contributed by atoms with Crippen LogP contribution in [0.1, 0.15) is 38.8 Å². The van der Waals surface area contributed by atoms with Gasteiger partial charge in [0.05, 0.1) is 5.69 Å². The summed E-state index contributed by atoms with van der Waals surface area (Å²) >= 11 is 1.69. The first-order valence-electron chi connectivity index (χ1n) is 6.85. The third-order valence-electron chi connectivity index (χ3n) is 3.89. The Labute approximate surface area is 112 Å². The van der Waals surface area contributed by atoms with Crippen LogP contribution in [0.15, 0.2) is 17.8 Å². The zero-order valence-electron chi connectivity index (χ0n) is 11.1. The van der Waals surface area contributed by atoms with Crippen LogP contribution in [-0.4, -0.2) is 15.4 Å². The van der Waals surface area contributed by atoms with Crippen LogP contribution < -0.4 is 5.32 Å². The Bertz CT molecular complexity index is 477. The van der Waals surface area contributed by atoms with Crippen molar-refractivity contribution in [1.29, 1.82) is 0 Å². The summed E-state index contributed by atoms with van der Waals surface area (Å²) in [5, 5.41) is 5.75. The van der Waals surface area contributed by atoms with Crippen LogP contribution in [0, 0.1) is 11.8 Å². The van der Waals surface area contributed by atoms with Crippen molar-refractivity contribution in [2.24, 2.45) is 11.8 Å². The van der Waals surface area contributed by atoms with E-state index in [9.17, 15) is 0 Å². The van der Waals surface area contributed by atoms with E-state index >= 15 is 0 Å². The minimum atomic E-state index is 0.670. The molecule has 1 N–H and O–H groups in total. The standard InChI is InChI=1S/C14H21N3S/c1-10-5-11(2)7-12(6-10)15-8-13-9-17-3-4-18-14(17)16-13/h3-4,9-12,15H,5-8H2,1-2H3. The number of hydrogen-bond acceptors (Lipinski definition) is 3. The first-order valence-corrected chi connectivity index (χ1v) is 7.73. The van der Waals surface area contributed by atoms with Crippen LogP contribution in [0.25, 0.3) is 4.96 Å². The quantitative estimate of drug-likeness (QED) is 0.920. The minimum absolute atomic E-state index is 0.670. The highest BCUT2D eigenvalue weighted by Crippen LogP contribution is 2.28. The molecule has 2 unspecified atom stereocenters. The lowest BCUT2D eigenvalue weighted by Gasteiger charge is -2.31. The number of nitrogens with one attached hydrogen (secondary N) is 1. The fraction of sp³-hybridized carbons (Fsp3) is 0.643. The second kappa shape index (κ2) is 5.02. The molecule has 0 radical (unpaired) electrons. The zero-order valence-corrected chi connectivity index (χ0v) is 11.9. The summed E-state index contributed by atoms with van der Waals surface area (Å²) in [6.45, 7) is 5.65. The van der Waals surface area contributed by atoms with Gasteiger partial charge in [-0.3, -0.25) is 4.40 Å². The van der Waals surface area contributed by atoms with E-state index in [0.717, 1.165) is 29.0 Å². The number of aromatic nitrogens is 2. The average molecular weight is 263 g/mol. The monoisotopic (exact) mass is 263 g/mol. The number of imidazole rings is 1. The summed E-state index contributed by atoms with van der Waals surface area (Å²) in [6.07, 6.45) is 8.22. The number of nitrogens with zero attached hydrogens (tertiary/aromatic N) is 2. The SMILES string of the molecule is CC1CC(C)CC(NCc2cn3ccsc3n2)C1. The molecule has 1 saturated carbocycles. The van der Waals surface area contributed by atoms with E-state index < -0.39 is 0 Å². The first-order chi connectivity index (χ1) is 8.70. The van der Waals surface area contributed by atoms with E-state index in [0.29, 0.717) is 6.04 Å². The molecule has 2 atom stereocenters. The summed E-state index contributed by atoms with van der Waals surface area (Å²) in [5.74, 6) is 1.72. The van der Waals surface area contributed by atoms with Crippen molar-refractivity contribution in [3.05, 3.63) is 23.5 Å². The molecule has 0 aliphatic heterocycles. The lowest BCUT2D eigenvalue weighted by molar-refractivity contribution is 0.238. The van der Waals surface area contributed by atoms with Gasteiger partial charge in [0, 0.05) is 30.4 Å². The normalized spacial score (nSPS) is 28.9. The van der Waals surface area contributed by atoms with Gasteiger partial charge in [0.1, 0.15) is 0 Å². The topological polar surface area (TPSA) is 29.3 Å². The van der Waals surface area contributed by atoms with Crippen LogP contribution in [0.2, 0.25) is 0 Å². The maximum Gasteiger partial charge on any atom is 0.193 e. The van der Waals surface area contributed by atoms with E-state index in [1.807, 2.05) is 0 Å². The van der Waals surface area contributed by atoms with Gasteiger partial charge in [0.2, 0.25) is 0 Å². The van der Waals surface area contributed by atoms with E-state index in [-0.39, 0.29) is 0 Å². The first kappa shape index (κ1) is 12.2. The number of fused-ring (bicyclic) bond motifs is 1. The third kappa shape index (κ3) is 2.59. The average Bonchev–Trinajstić information content (AvgIpc) is 2.84. The van der Waals surface area contributed by atoms with E-state index in [4.69, 9.17) is 0 Å². The Morgan fingerprint density at radius 2 is 2.11 bits per heavy atom. The fourth-order valence-electron chi connectivity index (χ4n) is 3.22. The number of thiazole rings is 1. The van der Waals surface area contributed by atoms with Crippen molar-refractivity contribution in [1.82, 2.24) is 14.7 Å². The molecule has 98 valence electrons. The largest absolute Gasteiger partial charge is 0.308 e. The molecule has 4 heteroatoms. The Kier molecular flexibility index (Phi) is 3.39. The minimum Gasteiger partial charge on any atom is -0.308 e. The molecule has 0 bridgehead atoms. The van der Waals surface area contributed by atoms with Crippen molar-refractivity contribution in [3.8, 4) is 0 Å². The molecule has 1 fully saturated rings. The molecule has 0 aromatic carbocycles. The lowest BCUT2D eigenvalue weighted by Crippen LogP contribution is -2.35. The fourth-order valence-corrected chi connectivity index (χ4v) is 3.94. The summed E-state index contributed by atoms with van der Waals surface area (Å²) in [7, 11) is 0. The van der Waals surface area contributed by atoms with Crippen LogP contribution in [0.5, 0.6) is 0 Å². The molecule has 2 aromatic heterocycles. The van der Waals surface area contributed by atoms with Gasteiger partial charge in [-0.1, -0.05) is 13.8 Å². The van der Waals surface area contributed by atoms with E-state index in [2.05, 4.69) is 46.3 Å². The van der Waals surface area contributed by atoms with Gasteiger partial charge in [-0.15, -0.1) is 11.3 Å².